The largest absolute Gasteiger partial charge is 0.380 e. The second-order valence-corrected chi connectivity index (χ2v) is 4.03. The van der Waals surface area contributed by atoms with Gasteiger partial charge in [0, 0.05) is 13.2 Å². The molecule has 0 saturated carbocycles. The minimum Gasteiger partial charge on any atom is -0.380 e. The minimum absolute atomic E-state index is 0.318. The van der Waals surface area contributed by atoms with Crippen LogP contribution in [0.1, 0.15) is 46.5 Å². The van der Waals surface area contributed by atoms with E-state index in [1.165, 1.54) is 12.0 Å². The van der Waals surface area contributed by atoms with Gasteiger partial charge in [0.1, 0.15) is 0 Å². The molecule has 0 aliphatic heterocycles. The van der Waals surface area contributed by atoms with Crippen molar-refractivity contribution in [2.45, 2.75) is 58.6 Å². The Morgan fingerprint density at radius 3 is 2.40 bits per heavy atom. The summed E-state index contributed by atoms with van der Waals surface area (Å²) in [6, 6.07) is 0.424. The molecule has 2 heteroatoms. The summed E-state index contributed by atoms with van der Waals surface area (Å²) in [5.74, 6) is 0. The van der Waals surface area contributed by atoms with E-state index < -0.39 is 0 Å². The Hall–Kier alpha value is -0.340. The summed E-state index contributed by atoms with van der Waals surface area (Å²) in [6.07, 6.45) is 4.69. The number of methoxy groups -OCH3 is 1. The molecule has 15 heavy (non-hydrogen) atoms. The lowest BCUT2D eigenvalue weighted by molar-refractivity contribution is 0.0612. The van der Waals surface area contributed by atoms with E-state index in [0.29, 0.717) is 12.1 Å². The Morgan fingerprint density at radius 2 is 2.00 bits per heavy atom. The van der Waals surface area contributed by atoms with Gasteiger partial charge in [-0.05, 0) is 25.8 Å². The Balaban J connectivity index is 4.25. The van der Waals surface area contributed by atoms with Crippen LogP contribution >= 0.6 is 0 Å². The van der Waals surface area contributed by atoms with Crippen LogP contribution < -0.4 is 5.32 Å². The second kappa shape index (κ2) is 8.93. The standard InChI is InChI=1S/C13H27NO/c1-6-9-13(15-5)12(14-8-3)10-11(4)7-2/h12-14H,4,6-10H2,1-3,5H3. The van der Waals surface area contributed by atoms with Gasteiger partial charge in [-0.1, -0.05) is 39.3 Å². The highest BCUT2D eigenvalue weighted by molar-refractivity contribution is 4.98. The maximum absolute atomic E-state index is 5.55. The summed E-state index contributed by atoms with van der Waals surface area (Å²) in [6.45, 7) is 11.6. The summed E-state index contributed by atoms with van der Waals surface area (Å²) < 4.78 is 5.55. The summed E-state index contributed by atoms with van der Waals surface area (Å²) in [7, 11) is 1.80. The molecule has 0 bridgehead atoms. The van der Waals surface area contributed by atoms with Gasteiger partial charge in [0.25, 0.3) is 0 Å². The van der Waals surface area contributed by atoms with E-state index >= 15 is 0 Å². The topological polar surface area (TPSA) is 21.3 Å². The van der Waals surface area contributed by atoms with Crippen molar-refractivity contribution >= 4 is 0 Å². The van der Waals surface area contributed by atoms with Gasteiger partial charge in [-0.2, -0.15) is 0 Å². The van der Waals surface area contributed by atoms with Gasteiger partial charge >= 0.3 is 0 Å². The Morgan fingerprint density at radius 1 is 1.33 bits per heavy atom. The first-order valence-electron chi connectivity index (χ1n) is 6.12. The fourth-order valence-corrected chi connectivity index (χ4v) is 1.82. The lowest BCUT2D eigenvalue weighted by Gasteiger charge is -2.27. The molecule has 0 aliphatic carbocycles. The zero-order valence-electron chi connectivity index (χ0n) is 10.8. The molecule has 0 spiro atoms. The van der Waals surface area contributed by atoms with Crippen molar-refractivity contribution in [3.63, 3.8) is 0 Å². The molecule has 0 amide bonds. The van der Waals surface area contributed by atoms with Crippen LogP contribution in [0.5, 0.6) is 0 Å². The van der Waals surface area contributed by atoms with E-state index in [1.54, 1.807) is 7.11 Å². The molecule has 90 valence electrons. The van der Waals surface area contributed by atoms with Gasteiger partial charge in [0.05, 0.1) is 6.10 Å². The minimum atomic E-state index is 0.318. The van der Waals surface area contributed by atoms with Gasteiger partial charge in [-0.25, -0.2) is 0 Å². The van der Waals surface area contributed by atoms with Gasteiger partial charge in [0.2, 0.25) is 0 Å². The quantitative estimate of drug-likeness (QED) is 0.594. The zero-order chi connectivity index (χ0) is 11.7. The third-order valence-electron chi connectivity index (χ3n) is 2.80. The van der Waals surface area contributed by atoms with Crippen LogP contribution in [0.25, 0.3) is 0 Å². The van der Waals surface area contributed by atoms with E-state index in [9.17, 15) is 0 Å². The van der Waals surface area contributed by atoms with Crippen molar-refractivity contribution in [3.05, 3.63) is 12.2 Å². The predicted molar refractivity (Wildman–Crippen MR) is 67.2 cm³/mol. The van der Waals surface area contributed by atoms with Crippen LogP contribution in [0.3, 0.4) is 0 Å². The molecule has 2 nitrogen and oxygen atoms in total. The highest BCUT2D eigenvalue weighted by Gasteiger charge is 2.19. The molecule has 0 aromatic carbocycles. The second-order valence-electron chi connectivity index (χ2n) is 4.03. The van der Waals surface area contributed by atoms with Gasteiger partial charge in [0.15, 0.2) is 0 Å². The summed E-state index contributed by atoms with van der Waals surface area (Å²) in [5, 5.41) is 3.50. The third kappa shape index (κ3) is 5.95. The number of nitrogens with one attached hydrogen (secondary N) is 1. The fraction of sp³-hybridized carbons (Fsp3) is 0.846. The van der Waals surface area contributed by atoms with Crippen molar-refractivity contribution in [1.82, 2.24) is 5.32 Å². The lowest BCUT2D eigenvalue weighted by Crippen LogP contribution is -2.41. The first-order valence-corrected chi connectivity index (χ1v) is 6.12. The zero-order valence-corrected chi connectivity index (χ0v) is 10.8. The SMILES string of the molecule is C=C(CC)CC(NCC)C(CCC)OC. The Bertz CT molecular complexity index is 168. The van der Waals surface area contributed by atoms with Gasteiger partial charge in [-0.15, -0.1) is 0 Å². The van der Waals surface area contributed by atoms with Crippen molar-refractivity contribution in [2.75, 3.05) is 13.7 Å². The third-order valence-corrected chi connectivity index (χ3v) is 2.80. The van der Waals surface area contributed by atoms with Gasteiger partial charge < -0.3 is 10.1 Å². The summed E-state index contributed by atoms with van der Waals surface area (Å²) in [4.78, 5) is 0. The summed E-state index contributed by atoms with van der Waals surface area (Å²) >= 11 is 0. The van der Waals surface area contributed by atoms with Crippen LogP contribution in [0.2, 0.25) is 0 Å². The number of rotatable bonds is 9. The molecule has 0 aliphatic rings. The van der Waals surface area contributed by atoms with Crippen LogP contribution in [-0.4, -0.2) is 25.8 Å². The Labute approximate surface area is 95.1 Å². The van der Waals surface area contributed by atoms with Crippen molar-refractivity contribution in [3.8, 4) is 0 Å². The average Bonchev–Trinajstić information content (AvgIpc) is 2.25. The van der Waals surface area contributed by atoms with Crippen molar-refractivity contribution in [1.29, 1.82) is 0 Å². The maximum Gasteiger partial charge on any atom is 0.0727 e. The predicted octanol–water partition coefficient (Wildman–Crippen LogP) is 3.14. The normalized spacial score (nSPS) is 14.9. The van der Waals surface area contributed by atoms with Crippen LogP contribution in [0.4, 0.5) is 0 Å². The van der Waals surface area contributed by atoms with E-state index in [1.807, 2.05) is 0 Å². The number of hydrogen-bond donors (Lipinski definition) is 1. The van der Waals surface area contributed by atoms with E-state index in [2.05, 4.69) is 32.7 Å². The molecule has 0 aromatic heterocycles. The number of ether oxygens (including phenoxy) is 1. The molecule has 0 aromatic rings. The van der Waals surface area contributed by atoms with Gasteiger partial charge in [-0.3, -0.25) is 0 Å². The monoisotopic (exact) mass is 213 g/mol. The first-order chi connectivity index (χ1) is 7.19. The molecule has 0 saturated heterocycles. The molecule has 2 atom stereocenters. The first kappa shape index (κ1) is 14.7. The number of likely N-dealkylation sites (N-methyl/N-ethyl adjacent to an activating group) is 1. The van der Waals surface area contributed by atoms with Crippen LogP contribution in [0, 0.1) is 0 Å². The molecule has 0 rings (SSSR count). The highest BCUT2D eigenvalue weighted by atomic mass is 16.5. The molecule has 0 heterocycles. The van der Waals surface area contributed by atoms with E-state index in [4.69, 9.17) is 4.74 Å². The smallest absolute Gasteiger partial charge is 0.0727 e. The molecule has 0 radical (unpaired) electrons. The lowest BCUT2D eigenvalue weighted by atomic mass is 9.98. The molecule has 0 fully saturated rings. The molecule has 2 unspecified atom stereocenters. The molecule has 1 N–H and O–H groups in total. The highest BCUT2D eigenvalue weighted by Crippen LogP contribution is 2.15. The fourth-order valence-electron chi connectivity index (χ4n) is 1.82. The van der Waals surface area contributed by atoms with Crippen LogP contribution in [-0.2, 0) is 4.74 Å². The molecular formula is C13H27NO. The number of hydrogen-bond acceptors (Lipinski definition) is 2. The van der Waals surface area contributed by atoms with Crippen LogP contribution in [0.15, 0.2) is 12.2 Å². The van der Waals surface area contributed by atoms with Crippen molar-refractivity contribution < 1.29 is 4.74 Å². The average molecular weight is 213 g/mol. The maximum atomic E-state index is 5.55. The molecular weight excluding hydrogens is 186 g/mol. The van der Waals surface area contributed by atoms with Crippen molar-refractivity contribution in [2.24, 2.45) is 0 Å². The summed E-state index contributed by atoms with van der Waals surface area (Å²) in [5.41, 5.74) is 1.30. The van der Waals surface area contributed by atoms with E-state index in [-0.39, 0.29) is 0 Å². The Kier molecular flexibility index (Phi) is 8.73. The van der Waals surface area contributed by atoms with E-state index in [0.717, 1.165) is 25.8 Å².